The van der Waals surface area contributed by atoms with Crippen molar-refractivity contribution in [2.45, 2.75) is 13.3 Å². The second-order valence-corrected chi connectivity index (χ2v) is 9.26. The maximum atomic E-state index is 12.8. The van der Waals surface area contributed by atoms with Crippen molar-refractivity contribution in [3.05, 3.63) is 58.9 Å². The van der Waals surface area contributed by atoms with Gasteiger partial charge in [0.2, 0.25) is 10.0 Å². The van der Waals surface area contributed by atoms with Crippen molar-refractivity contribution in [3.8, 4) is 11.4 Å². The molecule has 11 heteroatoms. The van der Waals surface area contributed by atoms with Crippen LogP contribution < -0.4 is 9.62 Å². The number of aromatic nitrogens is 3. The highest BCUT2D eigenvalue weighted by molar-refractivity contribution is 7.93. The lowest BCUT2D eigenvalue weighted by molar-refractivity contribution is 0.102. The zero-order valence-electron chi connectivity index (χ0n) is 15.9. The number of rotatable bonds is 4. The molecule has 1 saturated heterocycles. The van der Waals surface area contributed by atoms with Gasteiger partial charge in [-0.1, -0.05) is 22.9 Å². The summed E-state index contributed by atoms with van der Waals surface area (Å²) in [5, 5.41) is 21.2. The first-order valence-corrected chi connectivity index (χ1v) is 11.1. The molecule has 0 saturated carbocycles. The molecule has 0 radical (unpaired) electrons. The van der Waals surface area contributed by atoms with Crippen molar-refractivity contribution < 1.29 is 18.3 Å². The van der Waals surface area contributed by atoms with Crippen LogP contribution in [0.25, 0.3) is 5.69 Å². The highest BCUT2D eigenvalue weighted by Crippen LogP contribution is 2.32. The van der Waals surface area contributed by atoms with Gasteiger partial charge in [-0.15, -0.1) is 5.10 Å². The van der Waals surface area contributed by atoms with E-state index in [2.05, 4.69) is 15.6 Å². The Bertz CT molecular complexity index is 1240. The summed E-state index contributed by atoms with van der Waals surface area (Å²) in [7, 11) is -3.39. The third kappa shape index (κ3) is 3.71. The first-order chi connectivity index (χ1) is 14.3. The molecule has 156 valence electrons. The molecular formula is C19H18ClN5O4S. The molecule has 4 rings (SSSR count). The Morgan fingerprint density at radius 1 is 1.20 bits per heavy atom. The second-order valence-electron chi connectivity index (χ2n) is 6.81. The molecular weight excluding hydrogens is 430 g/mol. The third-order valence-electron chi connectivity index (χ3n) is 4.78. The number of aromatic hydroxyl groups is 1. The summed E-state index contributed by atoms with van der Waals surface area (Å²) in [6.07, 6.45) is 0.525. The van der Waals surface area contributed by atoms with Gasteiger partial charge in [-0.2, -0.15) is 0 Å². The van der Waals surface area contributed by atoms with Crippen LogP contribution in [0.3, 0.4) is 0 Å². The molecule has 3 aromatic rings. The average molecular weight is 448 g/mol. The summed E-state index contributed by atoms with van der Waals surface area (Å²) >= 11 is 6.01. The molecule has 1 aliphatic heterocycles. The van der Waals surface area contributed by atoms with Crippen LogP contribution in [0.1, 0.15) is 22.6 Å². The van der Waals surface area contributed by atoms with E-state index in [1.54, 1.807) is 31.2 Å². The number of sulfonamides is 1. The average Bonchev–Trinajstić information content (AvgIpc) is 3.25. The largest absolute Gasteiger partial charge is 0.506 e. The molecule has 2 N–H and O–H groups in total. The Morgan fingerprint density at radius 2 is 2.00 bits per heavy atom. The normalized spacial score (nSPS) is 15.3. The number of hydrogen-bond donors (Lipinski definition) is 2. The summed E-state index contributed by atoms with van der Waals surface area (Å²) in [6, 6.07) is 11.2. The zero-order chi connectivity index (χ0) is 21.5. The number of amides is 1. The van der Waals surface area contributed by atoms with Crippen LogP contribution in [-0.2, 0) is 10.0 Å². The number of phenols is 1. The van der Waals surface area contributed by atoms with Crippen LogP contribution in [0.2, 0.25) is 5.02 Å². The molecule has 0 aliphatic carbocycles. The van der Waals surface area contributed by atoms with Crippen molar-refractivity contribution in [3.63, 3.8) is 0 Å². The number of anilines is 2. The third-order valence-corrected chi connectivity index (χ3v) is 6.88. The number of nitrogens with zero attached hydrogens (tertiary/aromatic N) is 4. The molecule has 0 spiro atoms. The van der Waals surface area contributed by atoms with E-state index in [4.69, 9.17) is 11.6 Å². The standard InChI is InChI=1S/C19H18ClN5O4S/c1-12-18(22-23-25(12)15-5-2-4-13(20)10-15)19(27)21-16-11-14(6-7-17(16)26)24-8-3-9-30(24,28)29/h2,4-7,10-11,26H,3,8-9H2,1H3,(H,21,27). The maximum Gasteiger partial charge on any atom is 0.278 e. The minimum atomic E-state index is -3.39. The topological polar surface area (TPSA) is 117 Å². The minimum absolute atomic E-state index is 0.0635. The SMILES string of the molecule is Cc1c(C(=O)Nc2cc(N3CCCS3(=O)=O)ccc2O)nnn1-c1cccc(Cl)c1. The summed E-state index contributed by atoms with van der Waals surface area (Å²) < 4.78 is 27.1. The van der Waals surface area contributed by atoms with E-state index in [1.165, 1.54) is 27.2 Å². The Balaban J connectivity index is 1.61. The van der Waals surface area contributed by atoms with Crippen LogP contribution in [0.5, 0.6) is 5.75 Å². The quantitative estimate of drug-likeness (QED) is 0.594. The number of carbonyl (C=O) groups excluding carboxylic acids is 1. The second kappa shape index (κ2) is 7.62. The van der Waals surface area contributed by atoms with Gasteiger partial charge in [0.05, 0.1) is 28.5 Å². The first kappa shape index (κ1) is 20.2. The van der Waals surface area contributed by atoms with Gasteiger partial charge in [0.15, 0.2) is 5.69 Å². The van der Waals surface area contributed by atoms with E-state index in [0.717, 1.165) is 0 Å². The van der Waals surface area contributed by atoms with Crippen molar-refractivity contribution in [1.29, 1.82) is 0 Å². The van der Waals surface area contributed by atoms with Crippen LogP contribution >= 0.6 is 11.6 Å². The molecule has 1 aliphatic rings. The molecule has 0 atom stereocenters. The Kier molecular flexibility index (Phi) is 5.12. The molecule has 1 amide bonds. The molecule has 9 nitrogen and oxygen atoms in total. The van der Waals surface area contributed by atoms with Gasteiger partial charge >= 0.3 is 0 Å². The summed E-state index contributed by atoms with van der Waals surface area (Å²) in [4.78, 5) is 12.8. The van der Waals surface area contributed by atoms with Gasteiger partial charge in [-0.3, -0.25) is 9.10 Å². The highest BCUT2D eigenvalue weighted by Gasteiger charge is 2.29. The monoisotopic (exact) mass is 447 g/mol. The van der Waals surface area contributed by atoms with Crippen molar-refractivity contribution >= 4 is 38.9 Å². The van der Waals surface area contributed by atoms with Gasteiger partial charge < -0.3 is 10.4 Å². The van der Waals surface area contributed by atoms with Crippen LogP contribution in [0.4, 0.5) is 11.4 Å². The van der Waals surface area contributed by atoms with Crippen LogP contribution in [-0.4, -0.2) is 46.7 Å². The van der Waals surface area contributed by atoms with E-state index in [-0.39, 0.29) is 22.9 Å². The number of hydrogen-bond acceptors (Lipinski definition) is 6. The predicted octanol–water partition coefficient (Wildman–Crippen LogP) is 2.73. The van der Waals surface area contributed by atoms with Gasteiger partial charge in [-0.25, -0.2) is 13.1 Å². The Hall–Kier alpha value is -3.11. The lowest BCUT2D eigenvalue weighted by atomic mass is 10.2. The number of nitrogens with one attached hydrogen (secondary N) is 1. The Morgan fingerprint density at radius 3 is 2.70 bits per heavy atom. The Labute approximate surface area is 177 Å². The predicted molar refractivity (Wildman–Crippen MR) is 113 cm³/mol. The fourth-order valence-corrected chi connectivity index (χ4v) is 5.02. The van der Waals surface area contributed by atoms with E-state index in [1.807, 2.05) is 0 Å². The van der Waals surface area contributed by atoms with E-state index >= 15 is 0 Å². The fraction of sp³-hybridized carbons (Fsp3) is 0.211. The number of benzene rings is 2. The maximum absolute atomic E-state index is 12.8. The van der Waals surface area contributed by atoms with E-state index in [0.29, 0.717) is 35.1 Å². The van der Waals surface area contributed by atoms with Gasteiger partial charge in [-0.05, 0) is 49.7 Å². The van der Waals surface area contributed by atoms with E-state index < -0.39 is 15.9 Å². The number of halogens is 1. The molecule has 0 unspecified atom stereocenters. The minimum Gasteiger partial charge on any atom is -0.506 e. The van der Waals surface area contributed by atoms with E-state index in [9.17, 15) is 18.3 Å². The zero-order valence-corrected chi connectivity index (χ0v) is 17.5. The van der Waals surface area contributed by atoms with Gasteiger partial charge in [0.25, 0.3) is 5.91 Å². The lowest BCUT2D eigenvalue weighted by Gasteiger charge is -2.18. The molecule has 0 bridgehead atoms. The van der Waals surface area contributed by atoms with Crippen molar-refractivity contribution in [2.75, 3.05) is 21.9 Å². The smallest absolute Gasteiger partial charge is 0.278 e. The first-order valence-electron chi connectivity index (χ1n) is 9.09. The molecule has 1 aromatic heterocycles. The molecule has 2 aromatic carbocycles. The summed E-state index contributed by atoms with van der Waals surface area (Å²) in [6.45, 7) is 2.04. The lowest BCUT2D eigenvalue weighted by Crippen LogP contribution is -2.25. The van der Waals surface area contributed by atoms with Crippen molar-refractivity contribution in [2.24, 2.45) is 0 Å². The molecule has 2 heterocycles. The van der Waals surface area contributed by atoms with Crippen LogP contribution in [0, 0.1) is 6.92 Å². The fourth-order valence-electron chi connectivity index (χ4n) is 3.28. The summed E-state index contributed by atoms with van der Waals surface area (Å²) in [5.41, 5.74) is 1.65. The van der Waals surface area contributed by atoms with Gasteiger partial charge in [0, 0.05) is 11.6 Å². The summed E-state index contributed by atoms with van der Waals surface area (Å²) in [5.74, 6) is -0.706. The van der Waals surface area contributed by atoms with Gasteiger partial charge in [0.1, 0.15) is 5.75 Å². The number of carbonyl (C=O) groups is 1. The molecule has 30 heavy (non-hydrogen) atoms. The highest BCUT2D eigenvalue weighted by atomic mass is 35.5. The molecule has 1 fully saturated rings. The van der Waals surface area contributed by atoms with Crippen LogP contribution in [0.15, 0.2) is 42.5 Å². The van der Waals surface area contributed by atoms with Crippen molar-refractivity contribution in [1.82, 2.24) is 15.0 Å². The number of phenolic OH excluding ortho intramolecular Hbond substituents is 1.